The third-order valence-corrected chi connectivity index (χ3v) is 8.21. The Labute approximate surface area is 234 Å². The molecule has 3 aromatic heterocycles. The molecule has 0 amide bonds. The van der Waals surface area contributed by atoms with Crippen LogP contribution in [0.15, 0.2) is 130 Å². The van der Waals surface area contributed by atoms with Crippen LogP contribution in [0.4, 0.5) is 5.69 Å². The molecular formula is C37H20N2O2. The fraction of sp³-hybridized carbons (Fsp3) is 0. The van der Waals surface area contributed by atoms with Crippen LogP contribution >= 0.6 is 0 Å². The molecular weight excluding hydrogens is 504 g/mol. The van der Waals surface area contributed by atoms with Crippen LogP contribution in [0.2, 0.25) is 0 Å². The summed E-state index contributed by atoms with van der Waals surface area (Å²) in [6.45, 7) is 7.65. The molecule has 0 saturated carbocycles. The van der Waals surface area contributed by atoms with E-state index in [-0.39, 0.29) is 0 Å². The molecule has 9 rings (SSSR count). The van der Waals surface area contributed by atoms with Crippen LogP contribution in [0.3, 0.4) is 0 Å². The van der Waals surface area contributed by atoms with Gasteiger partial charge in [-0.1, -0.05) is 54.6 Å². The minimum atomic E-state index is 0.629. The number of hydrogen-bond donors (Lipinski definition) is 0. The number of rotatable bonds is 2. The summed E-state index contributed by atoms with van der Waals surface area (Å²) in [6.07, 6.45) is 0. The number of hydrogen-bond acceptors (Lipinski definition) is 2. The summed E-state index contributed by atoms with van der Waals surface area (Å²) in [7, 11) is 0. The molecule has 0 N–H and O–H groups in total. The van der Waals surface area contributed by atoms with Gasteiger partial charge in [-0.3, -0.25) is 0 Å². The molecule has 0 spiro atoms. The van der Waals surface area contributed by atoms with Gasteiger partial charge < -0.3 is 13.4 Å². The van der Waals surface area contributed by atoms with Crippen molar-refractivity contribution >= 4 is 71.4 Å². The molecule has 190 valence electrons. The lowest BCUT2D eigenvalue weighted by Gasteiger charge is -2.09. The third-order valence-electron chi connectivity index (χ3n) is 8.21. The lowest BCUT2D eigenvalue weighted by molar-refractivity contribution is 0.668. The third kappa shape index (κ3) is 3.15. The first kappa shape index (κ1) is 22.1. The molecule has 0 radical (unpaired) electrons. The zero-order valence-corrected chi connectivity index (χ0v) is 21.8. The first-order chi connectivity index (χ1) is 20.2. The number of aromatic nitrogens is 1. The van der Waals surface area contributed by atoms with Gasteiger partial charge in [-0.15, -0.1) is 0 Å². The summed E-state index contributed by atoms with van der Waals surface area (Å²) in [5, 5.41) is 6.58. The zero-order chi connectivity index (χ0) is 27.1. The van der Waals surface area contributed by atoms with Crippen molar-refractivity contribution in [3.05, 3.63) is 133 Å². The van der Waals surface area contributed by atoms with Gasteiger partial charge in [-0.25, -0.2) is 4.85 Å². The van der Waals surface area contributed by atoms with Crippen molar-refractivity contribution < 1.29 is 8.83 Å². The summed E-state index contributed by atoms with van der Waals surface area (Å²) in [6, 6.07) is 41.6. The first-order valence-corrected chi connectivity index (χ1v) is 13.5. The molecule has 4 heteroatoms. The van der Waals surface area contributed by atoms with E-state index in [0.717, 1.165) is 82.5 Å². The molecule has 0 fully saturated rings. The molecule has 0 aliphatic heterocycles. The van der Waals surface area contributed by atoms with Gasteiger partial charge in [-0.2, -0.15) is 0 Å². The van der Waals surface area contributed by atoms with Crippen molar-refractivity contribution in [3.8, 4) is 16.8 Å². The standard InChI is InChI=1S/C37H20N2O2/c1-38-24-12-15-33-29(20-24)28-18-22(23-11-16-36-30(19-23)26-6-2-4-8-34(26)40-36)10-14-32(28)39(33)25-13-17-37-31(21-25)27-7-3-5-9-35(27)41-37/h2-21H. The van der Waals surface area contributed by atoms with Crippen molar-refractivity contribution in [2.75, 3.05) is 0 Å². The van der Waals surface area contributed by atoms with Crippen LogP contribution in [0.25, 0.3) is 87.3 Å². The van der Waals surface area contributed by atoms with E-state index >= 15 is 0 Å². The molecule has 0 aliphatic carbocycles. The molecule has 4 nitrogen and oxygen atoms in total. The quantitative estimate of drug-likeness (QED) is 0.211. The predicted molar refractivity (Wildman–Crippen MR) is 167 cm³/mol. The van der Waals surface area contributed by atoms with Crippen LogP contribution in [-0.2, 0) is 0 Å². The maximum Gasteiger partial charge on any atom is 0.188 e. The molecule has 3 heterocycles. The van der Waals surface area contributed by atoms with Gasteiger partial charge in [0.05, 0.1) is 17.6 Å². The molecule has 41 heavy (non-hydrogen) atoms. The van der Waals surface area contributed by atoms with E-state index < -0.39 is 0 Å². The molecule has 9 aromatic rings. The normalized spacial score (nSPS) is 11.9. The lowest BCUT2D eigenvalue weighted by atomic mass is 10.0. The Morgan fingerprint density at radius 3 is 1.71 bits per heavy atom. The second kappa shape index (κ2) is 8.11. The second-order valence-corrected chi connectivity index (χ2v) is 10.5. The van der Waals surface area contributed by atoms with E-state index in [1.807, 2.05) is 48.5 Å². The predicted octanol–water partition coefficient (Wildman–Crippen LogP) is 10.8. The maximum atomic E-state index is 7.65. The summed E-state index contributed by atoms with van der Waals surface area (Å²) < 4.78 is 14.4. The Morgan fingerprint density at radius 1 is 0.463 bits per heavy atom. The van der Waals surface area contributed by atoms with Crippen LogP contribution < -0.4 is 0 Å². The number of benzene rings is 6. The Morgan fingerprint density at radius 2 is 1.00 bits per heavy atom. The van der Waals surface area contributed by atoms with E-state index in [2.05, 4.69) is 82.2 Å². The number of para-hydroxylation sites is 2. The van der Waals surface area contributed by atoms with Crippen LogP contribution in [-0.4, -0.2) is 4.57 Å². The van der Waals surface area contributed by atoms with Crippen LogP contribution in [0, 0.1) is 6.57 Å². The van der Waals surface area contributed by atoms with E-state index in [1.54, 1.807) is 0 Å². The van der Waals surface area contributed by atoms with E-state index in [4.69, 9.17) is 15.4 Å². The van der Waals surface area contributed by atoms with E-state index in [1.165, 1.54) is 0 Å². The summed E-state index contributed by atoms with van der Waals surface area (Å²) in [5.74, 6) is 0. The van der Waals surface area contributed by atoms with Crippen molar-refractivity contribution in [3.63, 3.8) is 0 Å². The van der Waals surface area contributed by atoms with Crippen molar-refractivity contribution in [1.29, 1.82) is 0 Å². The van der Waals surface area contributed by atoms with Crippen LogP contribution in [0.5, 0.6) is 0 Å². The molecule has 0 saturated heterocycles. The van der Waals surface area contributed by atoms with Gasteiger partial charge in [0.15, 0.2) is 5.69 Å². The fourth-order valence-corrected chi connectivity index (χ4v) is 6.30. The maximum absolute atomic E-state index is 7.65. The Bertz CT molecular complexity index is 2550. The Kier molecular flexibility index (Phi) is 4.37. The van der Waals surface area contributed by atoms with Crippen LogP contribution in [0.1, 0.15) is 0 Å². The highest BCUT2D eigenvalue weighted by molar-refractivity contribution is 6.13. The average Bonchev–Trinajstić information content (AvgIpc) is 3.69. The average molecular weight is 525 g/mol. The smallest absolute Gasteiger partial charge is 0.188 e. The van der Waals surface area contributed by atoms with Gasteiger partial charge in [0, 0.05) is 32.6 Å². The topological polar surface area (TPSA) is 35.6 Å². The second-order valence-electron chi connectivity index (χ2n) is 10.5. The molecule has 0 unspecified atom stereocenters. The number of nitrogens with zero attached hydrogens (tertiary/aromatic N) is 2. The SMILES string of the molecule is [C-]#[N+]c1ccc2c(c1)c1cc(-c3ccc4oc5ccccc5c4c3)ccc1n2-c1ccc2oc3ccccc3c2c1. The van der Waals surface area contributed by atoms with Gasteiger partial charge in [0.2, 0.25) is 0 Å². The summed E-state index contributed by atoms with van der Waals surface area (Å²) in [4.78, 5) is 3.73. The van der Waals surface area contributed by atoms with Crippen molar-refractivity contribution in [1.82, 2.24) is 4.57 Å². The first-order valence-electron chi connectivity index (χ1n) is 13.5. The Balaban J connectivity index is 1.30. The highest BCUT2D eigenvalue weighted by Crippen LogP contribution is 2.39. The molecule has 0 bridgehead atoms. The van der Waals surface area contributed by atoms with E-state index in [0.29, 0.717) is 5.69 Å². The van der Waals surface area contributed by atoms with Gasteiger partial charge in [-0.05, 0) is 83.2 Å². The Hall–Kier alpha value is -5.79. The monoisotopic (exact) mass is 524 g/mol. The van der Waals surface area contributed by atoms with Gasteiger partial charge in [0.25, 0.3) is 0 Å². The van der Waals surface area contributed by atoms with E-state index in [9.17, 15) is 0 Å². The minimum Gasteiger partial charge on any atom is -0.456 e. The largest absolute Gasteiger partial charge is 0.456 e. The minimum absolute atomic E-state index is 0.629. The molecule has 0 aliphatic rings. The summed E-state index contributed by atoms with van der Waals surface area (Å²) >= 11 is 0. The zero-order valence-electron chi connectivity index (χ0n) is 21.8. The number of fused-ring (bicyclic) bond motifs is 9. The van der Waals surface area contributed by atoms with Gasteiger partial charge >= 0.3 is 0 Å². The highest BCUT2D eigenvalue weighted by Gasteiger charge is 2.16. The molecule has 6 aromatic carbocycles. The molecule has 0 atom stereocenters. The summed E-state index contributed by atoms with van der Waals surface area (Å²) in [5.41, 5.74) is 9.62. The highest BCUT2D eigenvalue weighted by atomic mass is 16.3. The fourth-order valence-electron chi connectivity index (χ4n) is 6.30. The van der Waals surface area contributed by atoms with Crippen molar-refractivity contribution in [2.45, 2.75) is 0 Å². The number of furan rings is 2. The lowest BCUT2D eigenvalue weighted by Crippen LogP contribution is -1.93. The van der Waals surface area contributed by atoms with Gasteiger partial charge in [0.1, 0.15) is 22.3 Å². The van der Waals surface area contributed by atoms with Crippen molar-refractivity contribution in [2.24, 2.45) is 0 Å².